The van der Waals surface area contributed by atoms with Gasteiger partial charge in [-0.3, -0.25) is 4.79 Å². The molecule has 2 rings (SSSR count). The fraction of sp³-hybridized carbons (Fsp3) is 0.125. The molecule has 0 unspecified atom stereocenters. The first-order valence-corrected chi connectivity index (χ1v) is 8.36. The van der Waals surface area contributed by atoms with Crippen LogP contribution in [0.5, 0.6) is 0 Å². The van der Waals surface area contributed by atoms with Crippen molar-refractivity contribution in [2.75, 3.05) is 0 Å². The molecule has 0 spiro atoms. The Morgan fingerprint density at radius 3 is 2.23 bits per heavy atom. The monoisotopic (exact) mass is 473 g/mol. The van der Waals surface area contributed by atoms with Crippen LogP contribution in [-0.2, 0) is 11.2 Å². The lowest BCUT2D eigenvalue weighted by Crippen LogP contribution is -2.42. The second kappa shape index (κ2) is 7.73. The van der Waals surface area contributed by atoms with E-state index < -0.39 is 17.9 Å². The first kappa shape index (κ1) is 17.0. The maximum absolute atomic E-state index is 12.1. The average molecular weight is 474 g/mol. The van der Waals surface area contributed by atoms with Crippen molar-refractivity contribution in [2.45, 2.75) is 12.5 Å². The van der Waals surface area contributed by atoms with Crippen molar-refractivity contribution in [2.24, 2.45) is 0 Å². The summed E-state index contributed by atoms with van der Waals surface area (Å²) < 4.78 is 1.94. The van der Waals surface area contributed by atoms with Gasteiger partial charge in [0.1, 0.15) is 6.04 Å². The van der Waals surface area contributed by atoms with Gasteiger partial charge >= 0.3 is 5.97 Å². The average Bonchev–Trinajstić information content (AvgIpc) is 2.49. The van der Waals surface area contributed by atoms with Crippen LogP contribution < -0.4 is 5.32 Å². The maximum Gasteiger partial charge on any atom is 0.326 e. The molecule has 0 aliphatic rings. The summed E-state index contributed by atoms with van der Waals surface area (Å²) in [6.45, 7) is 0. The van der Waals surface area contributed by atoms with Crippen LogP contribution in [0.25, 0.3) is 0 Å². The molecule has 0 aliphatic heterocycles. The number of nitrogens with one attached hydrogen (secondary N) is 1. The van der Waals surface area contributed by atoms with Gasteiger partial charge in [0, 0.05) is 20.0 Å². The van der Waals surface area contributed by atoms with Crippen LogP contribution in [0, 0.1) is 3.57 Å². The Morgan fingerprint density at radius 2 is 1.68 bits per heavy atom. The van der Waals surface area contributed by atoms with Crippen LogP contribution in [0.1, 0.15) is 15.9 Å². The van der Waals surface area contributed by atoms with E-state index in [0.717, 1.165) is 13.6 Å². The zero-order valence-electron chi connectivity index (χ0n) is 11.4. The molecule has 0 saturated heterocycles. The number of benzene rings is 2. The fourth-order valence-electron chi connectivity index (χ4n) is 1.90. The van der Waals surface area contributed by atoms with Crippen molar-refractivity contribution < 1.29 is 14.7 Å². The van der Waals surface area contributed by atoms with Gasteiger partial charge in [-0.25, -0.2) is 4.79 Å². The van der Waals surface area contributed by atoms with Gasteiger partial charge in [-0.15, -0.1) is 0 Å². The second-order valence-electron chi connectivity index (χ2n) is 4.70. The number of carboxylic acids is 1. The van der Waals surface area contributed by atoms with Crippen molar-refractivity contribution >= 4 is 50.4 Å². The summed E-state index contributed by atoms with van der Waals surface area (Å²) in [5.41, 5.74) is 1.29. The van der Waals surface area contributed by atoms with Crippen LogP contribution in [-0.4, -0.2) is 23.0 Å². The minimum Gasteiger partial charge on any atom is -0.480 e. The number of rotatable bonds is 5. The van der Waals surface area contributed by atoms with E-state index in [1.807, 2.05) is 24.3 Å². The van der Waals surface area contributed by atoms with Crippen LogP contribution in [0.15, 0.2) is 53.0 Å². The molecule has 2 N–H and O–H groups in total. The number of carbonyl (C=O) groups excluding carboxylic acids is 1. The topological polar surface area (TPSA) is 66.4 Å². The van der Waals surface area contributed by atoms with Crippen molar-refractivity contribution in [1.82, 2.24) is 5.32 Å². The van der Waals surface area contributed by atoms with Gasteiger partial charge in [0.2, 0.25) is 0 Å². The Labute approximate surface area is 150 Å². The molecule has 0 bridgehead atoms. The van der Waals surface area contributed by atoms with Crippen LogP contribution in [0.3, 0.4) is 0 Å². The molecule has 0 fully saturated rings. The molecular formula is C16H13BrINO3. The molecule has 1 atom stereocenters. The molecule has 2 aromatic rings. The molecule has 0 heterocycles. The Hall–Kier alpha value is -1.41. The Morgan fingerprint density at radius 1 is 1.09 bits per heavy atom. The molecule has 0 aliphatic carbocycles. The third-order valence-electron chi connectivity index (χ3n) is 3.06. The van der Waals surface area contributed by atoms with E-state index in [4.69, 9.17) is 0 Å². The lowest BCUT2D eigenvalue weighted by Gasteiger charge is -2.15. The lowest BCUT2D eigenvalue weighted by molar-refractivity contribution is -0.139. The fourth-order valence-corrected chi connectivity index (χ4v) is 2.52. The summed E-state index contributed by atoms with van der Waals surface area (Å²) in [6, 6.07) is 13.3. The number of hydrogen-bond acceptors (Lipinski definition) is 2. The molecule has 0 saturated carbocycles. The molecule has 114 valence electrons. The number of hydrogen-bond donors (Lipinski definition) is 2. The summed E-state index contributed by atoms with van der Waals surface area (Å²) in [7, 11) is 0. The second-order valence-corrected chi connectivity index (χ2v) is 6.86. The molecule has 22 heavy (non-hydrogen) atoms. The lowest BCUT2D eigenvalue weighted by atomic mass is 10.1. The largest absolute Gasteiger partial charge is 0.480 e. The van der Waals surface area contributed by atoms with Gasteiger partial charge in [-0.05, 0) is 64.6 Å². The minimum absolute atomic E-state index is 0.245. The quantitative estimate of drug-likeness (QED) is 0.653. The highest BCUT2D eigenvalue weighted by Crippen LogP contribution is 2.12. The van der Waals surface area contributed by atoms with Gasteiger partial charge in [0.05, 0.1) is 0 Å². The van der Waals surface area contributed by atoms with Gasteiger partial charge < -0.3 is 10.4 Å². The molecule has 1 amide bonds. The van der Waals surface area contributed by atoms with E-state index in [2.05, 4.69) is 43.8 Å². The summed E-state index contributed by atoms with van der Waals surface area (Å²) in [4.78, 5) is 23.5. The third kappa shape index (κ3) is 4.81. The normalized spacial score (nSPS) is 11.7. The van der Waals surface area contributed by atoms with Crippen LogP contribution in [0.4, 0.5) is 0 Å². The van der Waals surface area contributed by atoms with Gasteiger partial charge in [-0.1, -0.05) is 28.1 Å². The Kier molecular flexibility index (Phi) is 5.96. The number of halogens is 2. The Bertz CT molecular complexity index is 671. The highest BCUT2D eigenvalue weighted by molar-refractivity contribution is 14.1. The van der Waals surface area contributed by atoms with E-state index in [1.54, 1.807) is 24.3 Å². The molecule has 2 aromatic carbocycles. The third-order valence-corrected chi connectivity index (χ3v) is 4.31. The first-order valence-electron chi connectivity index (χ1n) is 6.49. The van der Waals surface area contributed by atoms with E-state index in [0.29, 0.717) is 5.56 Å². The molecular weight excluding hydrogens is 461 g/mol. The van der Waals surface area contributed by atoms with Crippen molar-refractivity contribution in [3.05, 3.63) is 67.7 Å². The zero-order chi connectivity index (χ0) is 16.1. The minimum atomic E-state index is -1.05. The highest BCUT2D eigenvalue weighted by atomic mass is 127. The van der Waals surface area contributed by atoms with E-state index in [9.17, 15) is 14.7 Å². The highest BCUT2D eigenvalue weighted by Gasteiger charge is 2.21. The number of carbonyl (C=O) groups is 2. The molecule has 6 heteroatoms. The molecule has 0 radical (unpaired) electrons. The predicted octanol–water partition coefficient (Wildman–Crippen LogP) is 3.48. The molecule has 4 nitrogen and oxygen atoms in total. The Balaban J connectivity index is 2.08. The smallest absolute Gasteiger partial charge is 0.326 e. The van der Waals surface area contributed by atoms with Gasteiger partial charge in [-0.2, -0.15) is 0 Å². The van der Waals surface area contributed by atoms with E-state index in [1.165, 1.54) is 0 Å². The number of aliphatic carboxylic acids is 1. The van der Waals surface area contributed by atoms with Crippen molar-refractivity contribution in [1.29, 1.82) is 0 Å². The van der Waals surface area contributed by atoms with E-state index in [-0.39, 0.29) is 6.42 Å². The van der Waals surface area contributed by atoms with Gasteiger partial charge in [0.15, 0.2) is 0 Å². The maximum atomic E-state index is 12.1. The first-order chi connectivity index (χ1) is 10.5. The molecule has 0 aromatic heterocycles. The summed E-state index contributed by atoms with van der Waals surface area (Å²) >= 11 is 5.48. The zero-order valence-corrected chi connectivity index (χ0v) is 15.2. The van der Waals surface area contributed by atoms with Crippen LogP contribution in [0.2, 0.25) is 0 Å². The van der Waals surface area contributed by atoms with Crippen LogP contribution >= 0.6 is 38.5 Å². The standard InChI is InChI=1S/C16H13BrINO3/c17-12-5-3-11(4-6-12)15(20)19-14(16(21)22)9-10-1-7-13(18)8-2-10/h1-8,14H,9H2,(H,19,20)(H,21,22)/t14-/m1/s1. The predicted molar refractivity (Wildman–Crippen MR) is 95.9 cm³/mol. The number of amides is 1. The SMILES string of the molecule is O=C(N[C@H](Cc1ccc(I)cc1)C(=O)O)c1ccc(Br)cc1. The number of carboxylic acid groups (broad SMARTS) is 1. The summed E-state index contributed by atoms with van der Waals surface area (Å²) in [6.07, 6.45) is 0.245. The van der Waals surface area contributed by atoms with E-state index >= 15 is 0 Å². The summed E-state index contributed by atoms with van der Waals surface area (Å²) in [5.74, 6) is -1.45. The van der Waals surface area contributed by atoms with Crippen molar-refractivity contribution in [3.63, 3.8) is 0 Å². The van der Waals surface area contributed by atoms with Gasteiger partial charge in [0.25, 0.3) is 5.91 Å². The summed E-state index contributed by atoms with van der Waals surface area (Å²) in [5, 5.41) is 11.9. The van der Waals surface area contributed by atoms with Crippen molar-refractivity contribution in [3.8, 4) is 0 Å².